The maximum atomic E-state index is 12.0. The predicted octanol–water partition coefficient (Wildman–Crippen LogP) is 2.69. The first-order valence-corrected chi connectivity index (χ1v) is 8.09. The minimum atomic E-state index is -0.461. The molecule has 2 rings (SSSR count). The number of hydrogen-bond acceptors (Lipinski definition) is 4. The third-order valence-corrected chi connectivity index (χ3v) is 3.54. The zero-order valence-electron chi connectivity index (χ0n) is 13.0. The molecule has 0 heterocycles. The van der Waals surface area contributed by atoms with Gasteiger partial charge in [-0.25, -0.2) is 0 Å². The van der Waals surface area contributed by atoms with Crippen LogP contribution in [0.2, 0.25) is 0 Å². The van der Waals surface area contributed by atoms with Crippen LogP contribution in [0.4, 0.5) is 0 Å². The fourth-order valence-electron chi connectivity index (χ4n) is 1.81. The average molecular weight is 393 g/mol. The molecule has 2 amide bonds. The first kappa shape index (κ1) is 17.8. The van der Waals surface area contributed by atoms with Crippen LogP contribution in [0.3, 0.4) is 0 Å². The van der Waals surface area contributed by atoms with E-state index < -0.39 is 11.8 Å². The number of hydrogen-bond donors (Lipinski definition) is 2. The summed E-state index contributed by atoms with van der Waals surface area (Å²) in [6, 6.07) is 13.8. The van der Waals surface area contributed by atoms with Gasteiger partial charge in [0.2, 0.25) is 0 Å². The van der Waals surface area contributed by atoms with Crippen LogP contribution in [0.5, 0.6) is 11.5 Å². The zero-order valence-corrected chi connectivity index (χ0v) is 14.6. The van der Waals surface area contributed by atoms with E-state index in [1.165, 1.54) is 0 Å². The number of carbonyl (C=O) groups excluding carboxylic acids is 2. The molecule has 2 aromatic rings. The maximum absolute atomic E-state index is 12.0. The predicted molar refractivity (Wildman–Crippen MR) is 92.9 cm³/mol. The highest BCUT2D eigenvalue weighted by molar-refractivity contribution is 9.10. The second kappa shape index (κ2) is 8.93. The highest BCUT2D eigenvalue weighted by Gasteiger charge is 2.10. The molecule has 2 N–H and O–H groups in total. The Hall–Kier alpha value is -2.54. The van der Waals surface area contributed by atoms with E-state index in [2.05, 4.69) is 26.8 Å². The normalized spacial score (nSPS) is 9.92. The third-order valence-electron chi connectivity index (χ3n) is 2.92. The molecule has 0 saturated heterocycles. The van der Waals surface area contributed by atoms with Crippen molar-refractivity contribution < 1.29 is 19.1 Å². The maximum Gasteiger partial charge on any atom is 0.276 e. The van der Waals surface area contributed by atoms with Crippen LogP contribution < -0.4 is 20.3 Å². The van der Waals surface area contributed by atoms with Gasteiger partial charge in [0, 0.05) is 5.56 Å². The zero-order chi connectivity index (χ0) is 17.4. The largest absolute Gasteiger partial charge is 0.493 e. The highest BCUT2D eigenvalue weighted by Crippen LogP contribution is 2.25. The van der Waals surface area contributed by atoms with Gasteiger partial charge >= 0.3 is 0 Å². The molecular formula is C17H17BrN2O4. The molecule has 0 radical (unpaired) electrons. The number of benzene rings is 2. The summed E-state index contributed by atoms with van der Waals surface area (Å²) in [4.78, 5) is 23.7. The van der Waals surface area contributed by atoms with Gasteiger partial charge in [0.15, 0.2) is 6.61 Å². The van der Waals surface area contributed by atoms with Crippen LogP contribution in [0.1, 0.15) is 17.3 Å². The molecule has 0 aliphatic rings. The minimum Gasteiger partial charge on any atom is -0.493 e. The summed E-state index contributed by atoms with van der Waals surface area (Å²) in [5.74, 6) is 0.327. The van der Waals surface area contributed by atoms with Crippen LogP contribution in [0.15, 0.2) is 53.0 Å². The van der Waals surface area contributed by atoms with E-state index in [4.69, 9.17) is 9.47 Å². The fraction of sp³-hybridized carbons (Fsp3) is 0.176. The first-order chi connectivity index (χ1) is 11.6. The molecular weight excluding hydrogens is 376 g/mol. The third kappa shape index (κ3) is 5.27. The summed E-state index contributed by atoms with van der Waals surface area (Å²) in [5, 5.41) is 0. The van der Waals surface area contributed by atoms with E-state index in [1.807, 2.05) is 13.0 Å². The van der Waals surface area contributed by atoms with Gasteiger partial charge in [-0.3, -0.25) is 20.4 Å². The van der Waals surface area contributed by atoms with Crippen molar-refractivity contribution in [1.82, 2.24) is 10.9 Å². The summed E-state index contributed by atoms with van der Waals surface area (Å²) in [5.41, 5.74) is 5.02. The molecule has 0 spiro atoms. The summed E-state index contributed by atoms with van der Waals surface area (Å²) in [6.07, 6.45) is 0. The lowest BCUT2D eigenvalue weighted by atomic mass is 10.2. The Morgan fingerprint density at radius 1 is 1.04 bits per heavy atom. The number of amides is 2. The summed E-state index contributed by atoms with van der Waals surface area (Å²) >= 11 is 3.33. The van der Waals surface area contributed by atoms with Crippen molar-refractivity contribution in [3.8, 4) is 11.5 Å². The number of carbonyl (C=O) groups is 2. The van der Waals surface area contributed by atoms with E-state index >= 15 is 0 Å². The molecule has 0 bridgehead atoms. The van der Waals surface area contributed by atoms with Crippen LogP contribution >= 0.6 is 15.9 Å². The molecule has 0 saturated carbocycles. The van der Waals surface area contributed by atoms with E-state index in [1.54, 1.807) is 42.5 Å². The SMILES string of the molecule is CCOc1ccc(C(=O)NNC(=O)COc2ccccc2)cc1Br. The Bertz CT molecular complexity index is 707. The number of rotatable bonds is 6. The molecule has 0 aliphatic carbocycles. The van der Waals surface area contributed by atoms with Gasteiger partial charge in [0.1, 0.15) is 11.5 Å². The highest BCUT2D eigenvalue weighted by atomic mass is 79.9. The lowest BCUT2D eigenvalue weighted by Gasteiger charge is -2.10. The smallest absolute Gasteiger partial charge is 0.276 e. The fourth-order valence-corrected chi connectivity index (χ4v) is 2.31. The minimum absolute atomic E-state index is 0.197. The summed E-state index contributed by atoms with van der Waals surface area (Å²) < 4.78 is 11.3. The van der Waals surface area contributed by atoms with Crippen molar-refractivity contribution in [3.05, 3.63) is 58.6 Å². The second-order valence-corrected chi connectivity index (χ2v) is 5.54. The number of halogens is 1. The molecule has 0 unspecified atom stereocenters. The monoisotopic (exact) mass is 392 g/mol. The van der Waals surface area contributed by atoms with Crippen LogP contribution in [0.25, 0.3) is 0 Å². The van der Waals surface area contributed by atoms with Gasteiger partial charge in [-0.05, 0) is 53.2 Å². The number of para-hydroxylation sites is 1. The lowest BCUT2D eigenvalue weighted by molar-refractivity contribution is -0.123. The Morgan fingerprint density at radius 2 is 1.79 bits per heavy atom. The standard InChI is InChI=1S/C17H17BrN2O4/c1-2-23-15-9-8-12(10-14(15)18)17(22)20-19-16(21)11-24-13-6-4-3-5-7-13/h3-10H,2,11H2,1H3,(H,19,21)(H,20,22). The topological polar surface area (TPSA) is 76.7 Å². The van der Waals surface area contributed by atoms with Crippen molar-refractivity contribution in [2.45, 2.75) is 6.92 Å². The van der Waals surface area contributed by atoms with Gasteiger partial charge in [-0.1, -0.05) is 18.2 Å². The van der Waals surface area contributed by atoms with E-state index in [0.29, 0.717) is 28.1 Å². The van der Waals surface area contributed by atoms with E-state index in [9.17, 15) is 9.59 Å². The quantitative estimate of drug-likeness (QED) is 0.740. The average Bonchev–Trinajstić information content (AvgIpc) is 2.60. The van der Waals surface area contributed by atoms with Gasteiger partial charge in [-0.2, -0.15) is 0 Å². The van der Waals surface area contributed by atoms with Crippen molar-refractivity contribution in [2.24, 2.45) is 0 Å². The summed E-state index contributed by atoms with van der Waals surface area (Å²) in [6.45, 7) is 2.21. The van der Waals surface area contributed by atoms with Gasteiger partial charge in [0.25, 0.3) is 11.8 Å². The van der Waals surface area contributed by atoms with Crippen LogP contribution in [0, 0.1) is 0 Å². The Kier molecular flexibility index (Phi) is 6.62. The van der Waals surface area contributed by atoms with Crippen molar-refractivity contribution in [1.29, 1.82) is 0 Å². The number of hydrazine groups is 1. The number of ether oxygens (including phenoxy) is 2. The molecule has 0 aliphatic heterocycles. The van der Waals surface area contributed by atoms with E-state index in [0.717, 1.165) is 0 Å². The molecule has 0 fully saturated rings. The Balaban J connectivity index is 1.82. The molecule has 7 heteroatoms. The van der Waals surface area contributed by atoms with Crippen molar-refractivity contribution >= 4 is 27.7 Å². The lowest BCUT2D eigenvalue weighted by Crippen LogP contribution is -2.43. The van der Waals surface area contributed by atoms with Gasteiger partial charge < -0.3 is 9.47 Å². The molecule has 0 atom stereocenters. The first-order valence-electron chi connectivity index (χ1n) is 7.29. The summed E-state index contributed by atoms with van der Waals surface area (Å²) in [7, 11) is 0. The molecule has 2 aromatic carbocycles. The van der Waals surface area contributed by atoms with Crippen molar-refractivity contribution in [2.75, 3.05) is 13.2 Å². The van der Waals surface area contributed by atoms with Crippen LogP contribution in [-0.4, -0.2) is 25.0 Å². The second-order valence-electron chi connectivity index (χ2n) is 4.68. The van der Waals surface area contributed by atoms with Gasteiger partial charge in [-0.15, -0.1) is 0 Å². The molecule has 24 heavy (non-hydrogen) atoms. The molecule has 0 aromatic heterocycles. The Morgan fingerprint density at radius 3 is 2.46 bits per heavy atom. The van der Waals surface area contributed by atoms with Crippen LogP contribution in [-0.2, 0) is 4.79 Å². The van der Waals surface area contributed by atoms with Crippen molar-refractivity contribution in [3.63, 3.8) is 0 Å². The molecule has 126 valence electrons. The van der Waals surface area contributed by atoms with E-state index in [-0.39, 0.29) is 6.61 Å². The Labute approximate surface area is 148 Å². The van der Waals surface area contributed by atoms with Gasteiger partial charge in [0.05, 0.1) is 11.1 Å². The molecule has 6 nitrogen and oxygen atoms in total. The number of nitrogens with one attached hydrogen (secondary N) is 2.